The molecular weight excluding hydrogens is 288 g/mol. The van der Waals surface area contributed by atoms with E-state index < -0.39 is 10.0 Å². The molecule has 6 heteroatoms. The number of rotatable bonds is 5. The number of hydrogen-bond acceptors (Lipinski definition) is 3. The van der Waals surface area contributed by atoms with Crippen LogP contribution in [0.5, 0.6) is 0 Å². The molecule has 0 aliphatic carbocycles. The lowest BCUT2D eigenvalue weighted by atomic mass is 10.1. The average molecular weight is 310 g/mol. The van der Waals surface area contributed by atoms with Crippen LogP contribution in [-0.4, -0.2) is 27.4 Å². The monoisotopic (exact) mass is 310 g/mol. The summed E-state index contributed by atoms with van der Waals surface area (Å²) in [6, 6.07) is 4.97. The average Bonchev–Trinajstić information content (AvgIpc) is 2.80. The number of nitrogens with zero attached hydrogens (tertiary/aromatic N) is 1. The van der Waals surface area contributed by atoms with Gasteiger partial charge < -0.3 is 4.90 Å². The largest absolute Gasteiger partial charge is 0.312 e. The molecule has 0 radical (unpaired) electrons. The highest BCUT2D eigenvalue weighted by Crippen LogP contribution is 2.30. The fraction of sp³-hybridized carbons (Fsp3) is 0.533. The molecule has 2 rings (SSSR count). The lowest BCUT2D eigenvalue weighted by Crippen LogP contribution is -2.26. The summed E-state index contributed by atoms with van der Waals surface area (Å²) in [4.78, 5) is 13.4. The molecule has 1 heterocycles. The maximum absolute atomic E-state index is 12.2. The molecule has 1 aromatic rings. The smallest absolute Gasteiger partial charge is 0.240 e. The summed E-state index contributed by atoms with van der Waals surface area (Å²) in [6.45, 7) is 6.69. The Bertz CT molecular complexity index is 638. The van der Waals surface area contributed by atoms with E-state index in [0.29, 0.717) is 25.4 Å². The molecule has 0 saturated heterocycles. The molecule has 5 nitrogen and oxygen atoms in total. The number of sulfonamides is 1. The topological polar surface area (TPSA) is 66.5 Å². The van der Waals surface area contributed by atoms with Gasteiger partial charge in [0.25, 0.3) is 0 Å². The maximum atomic E-state index is 12.2. The second kappa shape index (κ2) is 6.15. The molecule has 0 unspecified atom stereocenters. The van der Waals surface area contributed by atoms with Crippen LogP contribution in [0.3, 0.4) is 0 Å². The molecular formula is C15H22N2O3S. The highest BCUT2D eigenvalue weighted by molar-refractivity contribution is 7.89. The first-order valence-electron chi connectivity index (χ1n) is 7.22. The van der Waals surface area contributed by atoms with Gasteiger partial charge in [-0.3, -0.25) is 4.79 Å². The van der Waals surface area contributed by atoms with E-state index in [0.717, 1.165) is 17.7 Å². The van der Waals surface area contributed by atoms with Crippen molar-refractivity contribution in [1.82, 2.24) is 4.72 Å². The van der Waals surface area contributed by atoms with E-state index in [1.165, 1.54) is 6.92 Å². The van der Waals surface area contributed by atoms with Gasteiger partial charge in [0.2, 0.25) is 15.9 Å². The zero-order valence-electron chi connectivity index (χ0n) is 12.7. The van der Waals surface area contributed by atoms with Crippen molar-refractivity contribution in [2.75, 3.05) is 18.0 Å². The van der Waals surface area contributed by atoms with Crippen molar-refractivity contribution < 1.29 is 13.2 Å². The van der Waals surface area contributed by atoms with E-state index in [-0.39, 0.29) is 10.8 Å². The van der Waals surface area contributed by atoms with Gasteiger partial charge in [0.15, 0.2) is 0 Å². The van der Waals surface area contributed by atoms with E-state index in [1.807, 2.05) is 0 Å². The minimum Gasteiger partial charge on any atom is -0.312 e. The Morgan fingerprint density at radius 2 is 2.10 bits per heavy atom. The number of carbonyl (C=O) groups excluding carboxylic acids is 1. The minimum atomic E-state index is -3.47. The van der Waals surface area contributed by atoms with E-state index >= 15 is 0 Å². The Morgan fingerprint density at radius 3 is 2.71 bits per heavy atom. The highest BCUT2D eigenvalue weighted by Gasteiger charge is 2.24. The van der Waals surface area contributed by atoms with Gasteiger partial charge in [0, 0.05) is 25.7 Å². The summed E-state index contributed by atoms with van der Waals surface area (Å²) in [5.41, 5.74) is 1.74. The lowest BCUT2D eigenvalue weighted by molar-refractivity contribution is -0.116. The summed E-state index contributed by atoms with van der Waals surface area (Å²) < 4.78 is 27.1. The van der Waals surface area contributed by atoms with Gasteiger partial charge in [0.05, 0.1) is 4.90 Å². The second-order valence-corrected chi connectivity index (χ2v) is 7.56. The molecule has 116 valence electrons. The summed E-state index contributed by atoms with van der Waals surface area (Å²) in [6.07, 6.45) is 1.51. The number of benzene rings is 1. The maximum Gasteiger partial charge on any atom is 0.240 e. The fourth-order valence-corrected chi connectivity index (χ4v) is 3.54. The Balaban J connectivity index is 2.17. The Kier molecular flexibility index (Phi) is 4.68. The van der Waals surface area contributed by atoms with Gasteiger partial charge in [-0.25, -0.2) is 13.1 Å². The highest BCUT2D eigenvalue weighted by atomic mass is 32.2. The van der Waals surface area contributed by atoms with Crippen LogP contribution >= 0.6 is 0 Å². The van der Waals surface area contributed by atoms with Gasteiger partial charge in [-0.2, -0.15) is 0 Å². The molecule has 1 amide bonds. The molecule has 0 spiro atoms. The van der Waals surface area contributed by atoms with Crippen molar-refractivity contribution in [3.05, 3.63) is 23.8 Å². The number of hydrogen-bond donors (Lipinski definition) is 1. The molecule has 0 fully saturated rings. The van der Waals surface area contributed by atoms with Gasteiger partial charge in [0.1, 0.15) is 0 Å². The number of carbonyl (C=O) groups is 1. The SMILES string of the molecule is CC(=O)N1CCc2cc(S(=O)(=O)NCCC(C)C)ccc21. The zero-order chi connectivity index (χ0) is 15.6. The first kappa shape index (κ1) is 16.0. The van der Waals surface area contributed by atoms with Crippen molar-refractivity contribution in [2.45, 2.75) is 38.5 Å². The van der Waals surface area contributed by atoms with Crippen LogP contribution in [0, 0.1) is 5.92 Å². The molecule has 21 heavy (non-hydrogen) atoms. The van der Waals surface area contributed by atoms with Crippen LogP contribution in [-0.2, 0) is 21.2 Å². The molecule has 0 saturated carbocycles. The van der Waals surface area contributed by atoms with Crippen LogP contribution in [0.4, 0.5) is 5.69 Å². The molecule has 1 aromatic carbocycles. The summed E-state index contributed by atoms with van der Waals surface area (Å²) in [7, 11) is -3.47. The van der Waals surface area contributed by atoms with Crippen LogP contribution < -0.4 is 9.62 Å². The molecule has 1 aliphatic heterocycles. The standard InChI is InChI=1S/C15H22N2O3S/c1-11(2)6-8-16-21(19,20)14-4-5-15-13(10-14)7-9-17(15)12(3)18/h4-5,10-11,16H,6-9H2,1-3H3. The lowest BCUT2D eigenvalue weighted by Gasteiger charge is -2.15. The quantitative estimate of drug-likeness (QED) is 0.903. The number of amides is 1. The predicted octanol–water partition coefficient (Wildman–Crippen LogP) is 1.92. The second-order valence-electron chi connectivity index (χ2n) is 5.79. The third kappa shape index (κ3) is 3.63. The Labute approximate surface area is 126 Å². The van der Waals surface area contributed by atoms with Gasteiger partial charge >= 0.3 is 0 Å². The van der Waals surface area contributed by atoms with Crippen molar-refractivity contribution >= 4 is 21.6 Å². The number of fused-ring (bicyclic) bond motifs is 1. The summed E-state index contributed by atoms with van der Waals surface area (Å²) in [5, 5.41) is 0. The van der Waals surface area contributed by atoms with E-state index in [4.69, 9.17) is 0 Å². The minimum absolute atomic E-state index is 0.0144. The van der Waals surface area contributed by atoms with E-state index in [2.05, 4.69) is 18.6 Å². The molecule has 1 N–H and O–H groups in total. The van der Waals surface area contributed by atoms with Crippen molar-refractivity contribution in [2.24, 2.45) is 5.92 Å². The number of anilines is 1. The zero-order valence-corrected chi connectivity index (χ0v) is 13.5. The Hall–Kier alpha value is -1.40. The molecule has 0 bridgehead atoms. The van der Waals surface area contributed by atoms with Crippen molar-refractivity contribution in [1.29, 1.82) is 0 Å². The van der Waals surface area contributed by atoms with E-state index in [1.54, 1.807) is 23.1 Å². The van der Waals surface area contributed by atoms with Crippen LogP contribution in [0.2, 0.25) is 0 Å². The molecule has 0 atom stereocenters. The van der Waals surface area contributed by atoms with Crippen LogP contribution in [0.25, 0.3) is 0 Å². The first-order valence-corrected chi connectivity index (χ1v) is 8.70. The summed E-state index contributed by atoms with van der Waals surface area (Å²) in [5.74, 6) is 0.441. The van der Waals surface area contributed by atoms with E-state index in [9.17, 15) is 13.2 Å². The van der Waals surface area contributed by atoms with Crippen molar-refractivity contribution in [3.63, 3.8) is 0 Å². The summed E-state index contributed by atoms with van der Waals surface area (Å²) >= 11 is 0. The van der Waals surface area contributed by atoms with Gasteiger partial charge in [-0.1, -0.05) is 13.8 Å². The van der Waals surface area contributed by atoms with Crippen LogP contribution in [0.1, 0.15) is 32.8 Å². The normalized spacial score (nSPS) is 14.6. The van der Waals surface area contributed by atoms with Gasteiger partial charge in [-0.05, 0) is 42.5 Å². The van der Waals surface area contributed by atoms with Gasteiger partial charge in [-0.15, -0.1) is 0 Å². The van der Waals surface area contributed by atoms with Crippen molar-refractivity contribution in [3.8, 4) is 0 Å². The Morgan fingerprint density at radius 1 is 1.38 bits per heavy atom. The van der Waals surface area contributed by atoms with Crippen LogP contribution in [0.15, 0.2) is 23.1 Å². The predicted molar refractivity (Wildman–Crippen MR) is 82.8 cm³/mol. The fourth-order valence-electron chi connectivity index (χ4n) is 2.44. The molecule has 1 aliphatic rings. The third-order valence-electron chi connectivity index (χ3n) is 3.65. The molecule has 0 aromatic heterocycles. The third-order valence-corrected chi connectivity index (χ3v) is 5.11. The first-order chi connectivity index (χ1) is 9.81. The number of nitrogens with one attached hydrogen (secondary N) is 1.